The lowest BCUT2D eigenvalue weighted by Gasteiger charge is -2.30. The third-order valence-electron chi connectivity index (χ3n) is 4.96. The van der Waals surface area contributed by atoms with Crippen molar-refractivity contribution in [2.45, 2.75) is 30.1 Å². The van der Waals surface area contributed by atoms with Gasteiger partial charge < -0.3 is 4.74 Å². The molecule has 6 nitrogen and oxygen atoms in total. The summed E-state index contributed by atoms with van der Waals surface area (Å²) in [7, 11) is -1.55. The van der Waals surface area contributed by atoms with Crippen LogP contribution < -0.4 is 4.74 Å². The molecule has 1 saturated heterocycles. The van der Waals surface area contributed by atoms with Gasteiger partial charge in [0.1, 0.15) is 5.75 Å². The summed E-state index contributed by atoms with van der Waals surface area (Å²) in [6, 6.07) is 5.25. The number of aromatic nitrogens is 2. The van der Waals surface area contributed by atoms with Crippen LogP contribution in [0.15, 0.2) is 35.5 Å². The highest BCUT2D eigenvalue weighted by Crippen LogP contribution is 2.33. The average molecular weight is 347 g/mol. The molecule has 0 aliphatic carbocycles. The van der Waals surface area contributed by atoms with Gasteiger partial charge in [0.05, 0.1) is 17.7 Å². The van der Waals surface area contributed by atoms with Crippen molar-refractivity contribution in [1.82, 2.24) is 14.1 Å². The van der Waals surface area contributed by atoms with Crippen LogP contribution in [0, 0.1) is 0 Å². The molecule has 0 unspecified atom stereocenters. The molecular weight excluding hydrogens is 326 g/mol. The van der Waals surface area contributed by atoms with Crippen molar-refractivity contribution in [3.63, 3.8) is 0 Å². The minimum absolute atomic E-state index is 0.336. The quantitative estimate of drug-likeness (QED) is 0.851. The predicted molar refractivity (Wildman–Crippen MR) is 89.6 cm³/mol. The first kappa shape index (κ1) is 15.7. The molecule has 0 amide bonds. The van der Waals surface area contributed by atoms with Crippen molar-refractivity contribution in [2.75, 3.05) is 19.7 Å². The molecule has 24 heavy (non-hydrogen) atoms. The molecule has 0 spiro atoms. The van der Waals surface area contributed by atoms with Gasteiger partial charge in [0.2, 0.25) is 10.0 Å². The maximum absolute atomic E-state index is 12.9. The lowest BCUT2D eigenvalue weighted by Crippen LogP contribution is -2.37. The number of aryl methyl sites for hydroxylation is 1. The van der Waals surface area contributed by atoms with E-state index in [1.807, 2.05) is 25.5 Å². The Bertz CT molecular complexity index is 852. The van der Waals surface area contributed by atoms with Gasteiger partial charge >= 0.3 is 0 Å². The standard InChI is InChI=1S/C17H21N3O3S/c1-19-12-15(11-18-19)13-4-7-20(8-5-13)24(21,22)16-3-2-14-6-9-23-17(14)10-16/h2-3,10-13H,4-9H2,1H3. The minimum Gasteiger partial charge on any atom is -0.493 e. The lowest BCUT2D eigenvalue weighted by atomic mass is 9.93. The molecule has 0 radical (unpaired) electrons. The SMILES string of the molecule is Cn1cc(C2CCN(S(=O)(=O)c3ccc4c(c3)OCC4)CC2)cn1. The molecule has 1 aromatic carbocycles. The average Bonchev–Trinajstić information content (AvgIpc) is 3.23. The number of piperidine rings is 1. The smallest absolute Gasteiger partial charge is 0.243 e. The molecular formula is C17H21N3O3S. The fourth-order valence-corrected chi connectivity index (χ4v) is 5.02. The summed E-state index contributed by atoms with van der Waals surface area (Å²) in [4.78, 5) is 0.336. The highest BCUT2D eigenvalue weighted by Gasteiger charge is 2.31. The number of hydrogen-bond acceptors (Lipinski definition) is 4. The van der Waals surface area contributed by atoms with Gasteiger partial charge in [0.25, 0.3) is 0 Å². The van der Waals surface area contributed by atoms with Crippen LogP contribution in [0.5, 0.6) is 5.75 Å². The summed E-state index contributed by atoms with van der Waals surface area (Å²) < 4.78 is 34.7. The zero-order valence-electron chi connectivity index (χ0n) is 13.7. The second kappa shape index (κ2) is 5.89. The molecule has 2 aromatic rings. The summed E-state index contributed by atoms with van der Waals surface area (Å²) >= 11 is 0. The number of sulfonamides is 1. The number of nitrogens with zero attached hydrogens (tertiary/aromatic N) is 3. The summed E-state index contributed by atoms with van der Waals surface area (Å²) in [6.45, 7) is 1.72. The Labute approximate surface area is 142 Å². The van der Waals surface area contributed by atoms with Crippen LogP contribution in [0.3, 0.4) is 0 Å². The molecule has 0 saturated carbocycles. The van der Waals surface area contributed by atoms with E-state index in [1.165, 1.54) is 5.56 Å². The van der Waals surface area contributed by atoms with E-state index in [0.717, 1.165) is 24.8 Å². The zero-order chi connectivity index (χ0) is 16.7. The third kappa shape index (κ3) is 2.71. The number of fused-ring (bicyclic) bond motifs is 1. The van der Waals surface area contributed by atoms with E-state index in [-0.39, 0.29) is 0 Å². The summed E-state index contributed by atoms with van der Waals surface area (Å²) in [5.41, 5.74) is 2.28. The van der Waals surface area contributed by atoms with Crippen LogP contribution in [0.25, 0.3) is 0 Å². The Morgan fingerprint density at radius 1 is 1.25 bits per heavy atom. The molecule has 2 aliphatic heterocycles. The Kier molecular flexibility index (Phi) is 3.85. The first-order chi connectivity index (χ1) is 11.5. The molecule has 1 fully saturated rings. The van der Waals surface area contributed by atoms with Crippen LogP contribution in [0.4, 0.5) is 0 Å². The van der Waals surface area contributed by atoms with Crippen LogP contribution >= 0.6 is 0 Å². The fraction of sp³-hybridized carbons (Fsp3) is 0.471. The van der Waals surface area contributed by atoms with Crippen molar-refractivity contribution in [2.24, 2.45) is 7.05 Å². The second-order valence-corrected chi connectivity index (χ2v) is 8.43. The number of ether oxygens (including phenoxy) is 1. The molecule has 1 aromatic heterocycles. The fourth-order valence-electron chi connectivity index (χ4n) is 3.54. The molecule has 128 valence electrons. The van der Waals surface area contributed by atoms with Crippen molar-refractivity contribution < 1.29 is 13.2 Å². The van der Waals surface area contributed by atoms with Gasteiger partial charge in [-0.1, -0.05) is 6.07 Å². The van der Waals surface area contributed by atoms with E-state index >= 15 is 0 Å². The first-order valence-electron chi connectivity index (χ1n) is 8.28. The highest BCUT2D eigenvalue weighted by molar-refractivity contribution is 7.89. The van der Waals surface area contributed by atoms with Gasteiger partial charge in [-0.2, -0.15) is 9.40 Å². The van der Waals surface area contributed by atoms with Crippen LogP contribution in [-0.4, -0.2) is 42.2 Å². The third-order valence-corrected chi connectivity index (χ3v) is 6.85. The Morgan fingerprint density at radius 3 is 2.75 bits per heavy atom. The van der Waals surface area contributed by atoms with Gasteiger partial charge in [0.15, 0.2) is 0 Å². The predicted octanol–water partition coefficient (Wildman–Crippen LogP) is 1.92. The maximum atomic E-state index is 12.9. The highest BCUT2D eigenvalue weighted by atomic mass is 32.2. The Balaban J connectivity index is 1.50. The van der Waals surface area contributed by atoms with Gasteiger partial charge in [-0.15, -0.1) is 0 Å². The van der Waals surface area contributed by atoms with E-state index in [0.29, 0.717) is 36.3 Å². The van der Waals surface area contributed by atoms with Gasteiger partial charge in [0, 0.05) is 38.8 Å². The van der Waals surface area contributed by atoms with Gasteiger partial charge in [-0.25, -0.2) is 8.42 Å². The largest absolute Gasteiger partial charge is 0.493 e. The van der Waals surface area contributed by atoms with Crippen LogP contribution in [-0.2, 0) is 23.5 Å². The number of benzene rings is 1. The lowest BCUT2D eigenvalue weighted by molar-refractivity contribution is 0.319. The Hall–Kier alpha value is -1.86. The van der Waals surface area contributed by atoms with E-state index in [1.54, 1.807) is 21.1 Å². The molecule has 0 bridgehead atoms. The first-order valence-corrected chi connectivity index (χ1v) is 9.72. The zero-order valence-corrected chi connectivity index (χ0v) is 14.5. The maximum Gasteiger partial charge on any atom is 0.243 e. The monoisotopic (exact) mass is 347 g/mol. The topological polar surface area (TPSA) is 64.4 Å². The van der Waals surface area contributed by atoms with E-state index in [9.17, 15) is 8.42 Å². The molecule has 3 heterocycles. The summed E-state index contributed by atoms with van der Waals surface area (Å²) in [5, 5.41) is 4.21. The van der Waals surface area contributed by atoms with E-state index in [2.05, 4.69) is 5.10 Å². The van der Waals surface area contributed by atoms with Crippen LogP contribution in [0.2, 0.25) is 0 Å². The second-order valence-electron chi connectivity index (χ2n) is 6.49. The molecule has 2 aliphatic rings. The normalized spacial score (nSPS) is 19.2. The van der Waals surface area contributed by atoms with Crippen molar-refractivity contribution in [3.8, 4) is 5.75 Å². The van der Waals surface area contributed by atoms with E-state index in [4.69, 9.17) is 4.74 Å². The molecule has 4 rings (SSSR count). The summed E-state index contributed by atoms with van der Waals surface area (Å²) in [6.07, 6.45) is 6.41. The van der Waals surface area contributed by atoms with Crippen molar-refractivity contribution in [3.05, 3.63) is 41.7 Å². The van der Waals surface area contributed by atoms with E-state index < -0.39 is 10.0 Å². The number of rotatable bonds is 3. The van der Waals surface area contributed by atoms with Crippen LogP contribution in [0.1, 0.15) is 29.9 Å². The molecule has 0 N–H and O–H groups in total. The molecule has 7 heteroatoms. The van der Waals surface area contributed by atoms with Crippen molar-refractivity contribution >= 4 is 10.0 Å². The Morgan fingerprint density at radius 2 is 2.04 bits per heavy atom. The molecule has 0 atom stereocenters. The summed E-state index contributed by atoms with van der Waals surface area (Å²) in [5.74, 6) is 1.09. The van der Waals surface area contributed by atoms with Gasteiger partial charge in [-0.05, 0) is 36.0 Å². The minimum atomic E-state index is -3.45. The number of hydrogen-bond donors (Lipinski definition) is 0. The van der Waals surface area contributed by atoms with Gasteiger partial charge in [-0.3, -0.25) is 4.68 Å². The van der Waals surface area contributed by atoms with Crippen molar-refractivity contribution in [1.29, 1.82) is 0 Å².